The number of hydrogen-bond donors (Lipinski definition) is 0. The summed E-state index contributed by atoms with van der Waals surface area (Å²) < 4.78 is 2.50. The quantitative estimate of drug-likeness (QED) is 0.140. The van der Waals surface area contributed by atoms with Gasteiger partial charge in [0, 0.05) is 15.2 Å². The zero-order valence-corrected chi connectivity index (χ0v) is 17.2. The highest BCUT2D eigenvalue weighted by Gasteiger charge is 2.15. The minimum absolute atomic E-state index is 0.763. The largest absolute Gasteiger partial charge is 0.244 e. The van der Waals surface area contributed by atoms with Crippen molar-refractivity contribution in [3.63, 3.8) is 0 Å². The van der Waals surface area contributed by atoms with Gasteiger partial charge in [-0.05, 0) is 74.3 Å². The third-order valence-electron chi connectivity index (χ3n) is 4.08. The predicted molar refractivity (Wildman–Crippen MR) is 111 cm³/mol. The molecular weight excluding hydrogens is 512 g/mol. The van der Waals surface area contributed by atoms with Crippen LogP contribution >= 0.6 is 47.8 Å². The molecule has 0 aliphatic heterocycles. The zero-order valence-electron chi connectivity index (χ0n) is 12.5. The van der Waals surface area contributed by atoms with Crippen molar-refractivity contribution in [2.45, 2.75) is 0 Å². The molecule has 0 saturated heterocycles. The molecule has 3 aromatic heterocycles. The molecular formula is C18H7Br3N4. The minimum Gasteiger partial charge on any atom is -0.244 e. The van der Waals surface area contributed by atoms with E-state index in [2.05, 4.69) is 57.8 Å². The number of pyridine rings is 2. The van der Waals surface area contributed by atoms with Gasteiger partial charge in [-0.2, -0.15) is 0 Å². The van der Waals surface area contributed by atoms with Crippen LogP contribution in [0.2, 0.25) is 0 Å². The Balaban J connectivity index is 2.11. The molecule has 0 aliphatic rings. The molecule has 5 aromatic rings. The fourth-order valence-electron chi connectivity index (χ4n) is 3.02. The van der Waals surface area contributed by atoms with Gasteiger partial charge in [0.2, 0.25) is 0 Å². The zero-order chi connectivity index (χ0) is 17.1. The van der Waals surface area contributed by atoms with Gasteiger partial charge in [-0.1, -0.05) is 15.9 Å². The maximum atomic E-state index is 4.88. The molecule has 3 heterocycles. The number of halogens is 3. The van der Waals surface area contributed by atoms with Crippen molar-refractivity contribution in [3.8, 4) is 0 Å². The maximum Gasteiger partial charge on any atom is 0.106 e. The molecule has 0 radical (unpaired) electrons. The molecule has 0 saturated carbocycles. The second-order valence-corrected chi connectivity index (χ2v) is 8.15. The lowest BCUT2D eigenvalue weighted by atomic mass is 10.1. The van der Waals surface area contributed by atoms with E-state index in [1.54, 1.807) is 0 Å². The molecule has 5 rings (SSSR count). The topological polar surface area (TPSA) is 51.6 Å². The van der Waals surface area contributed by atoms with E-state index in [4.69, 9.17) is 9.97 Å². The third-order valence-corrected chi connectivity index (χ3v) is 5.46. The second kappa shape index (κ2) is 5.65. The number of fused-ring (bicyclic) bond motifs is 7. The molecule has 0 atom stereocenters. The fraction of sp³-hybridized carbons (Fsp3) is 0. The normalized spacial score (nSPS) is 11.8. The Morgan fingerprint density at radius 2 is 1.04 bits per heavy atom. The summed E-state index contributed by atoms with van der Waals surface area (Å²) in [5, 5.41) is 1.87. The van der Waals surface area contributed by atoms with Gasteiger partial charge in [0.25, 0.3) is 0 Å². The maximum absolute atomic E-state index is 4.88. The van der Waals surface area contributed by atoms with E-state index in [-0.39, 0.29) is 0 Å². The van der Waals surface area contributed by atoms with Crippen molar-refractivity contribution in [2.75, 3.05) is 0 Å². The minimum atomic E-state index is 0.763. The summed E-state index contributed by atoms with van der Waals surface area (Å²) >= 11 is 10.4. The summed E-state index contributed by atoms with van der Waals surface area (Å²) in [5.74, 6) is 0. The summed E-state index contributed by atoms with van der Waals surface area (Å²) in [7, 11) is 0. The smallest absolute Gasteiger partial charge is 0.106 e. The molecule has 25 heavy (non-hydrogen) atoms. The summed E-state index contributed by atoms with van der Waals surface area (Å²) in [4.78, 5) is 19.0. The Bertz CT molecular complexity index is 1330. The SMILES string of the molecule is Brc1ccc2nc3c4ccc(Br)nc4c4nc(Br)ccc4c3nc2c1. The van der Waals surface area contributed by atoms with Crippen LogP contribution in [0.25, 0.3) is 43.9 Å². The number of benzene rings is 2. The van der Waals surface area contributed by atoms with E-state index >= 15 is 0 Å². The molecule has 0 amide bonds. The number of rotatable bonds is 0. The van der Waals surface area contributed by atoms with Crippen molar-refractivity contribution < 1.29 is 0 Å². The van der Waals surface area contributed by atoms with Crippen molar-refractivity contribution in [3.05, 3.63) is 56.1 Å². The molecule has 0 spiro atoms. The van der Waals surface area contributed by atoms with Crippen LogP contribution in [-0.4, -0.2) is 19.9 Å². The van der Waals surface area contributed by atoms with Crippen LogP contribution in [0, 0.1) is 0 Å². The molecule has 7 heteroatoms. The molecule has 120 valence electrons. The molecule has 0 bridgehead atoms. The van der Waals surface area contributed by atoms with Crippen molar-refractivity contribution >= 4 is 91.7 Å². The molecule has 0 unspecified atom stereocenters. The molecule has 2 aromatic carbocycles. The second-order valence-electron chi connectivity index (χ2n) is 5.61. The van der Waals surface area contributed by atoms with E-state index in [0.29, 0.717) is 0 Å². The Morgan fingerprint density at radius 1 is 0.520 bits per heavy atom. The first-order valence-corrected chi connectivity index (χ1v) is 9.79. The fourth-order valence-corrected chi connectivity index (χ4v) is 3.98. The van der Waals surface area contributed by atoms with E-state index in [1.807, 2.05) is 42.5 Å². The van der Waals surface area contributed by atoms with Gasteiger partial charge >= 0.3 is 0 Å². The first-order valence-electron chi connectivity index (χ1n) is 7.42. The Hall–Kier alpha value is -1.70. The van der Waals surface area contributed by atoms with Crippen LogP contribution in [0.3, 0.4) is 0 Å². The van der Waals surface area contributed by atoms with Crippen LogP contribution in [-0.2, 0) is 0 Å². The van der Waals surface area contributed by atoms with Gasteiger partial charge in [0.15, 0.2) is 0 Å². The number of nitrogens with zero attached hydrogens (tertiary/aromatic N) is 4. The molecule has 0 aliphatic carbocycles. The van der Waals surface area contributed by atoms with E-state index < -0.39 is 0 Å². The lowest BCUT2D eigenvalue weighted by Gasteiger charge is -2.09. The standard InChI is InChI=1S/C18H7Br3N4/c19-8-1-4-11-12(7-8)23-16-10-3-6-14(21)25-18(10)17-9(15(16)22-11)2-5-13(20)24-17/h1-7H. The predicted octanol–water partition coefficient (Wildman–Crippen LogP) is 6.17. The van der Waals surface area contributed by atoms with Crippen LogP contribution in [0.15, 0.2) is 56.1 Å². The van der Waals surface area contributed by atoms with Crippen molar-refractivity contribution in [2.24, 2.45) is 0 Å². The Kier molecular flexibility index (Phi) is 3.52. The lowest BCUT2D eigenvalue weighted by Crippen LogP contribution is -1.94. The summed E-state index contributed by atoms with van der Waals surface area (Å²) in [5.41, 5.74) is 4.98. The van der Waals surface area contributed by atoms with E-state index in [1.165, 1.54) is 0 Å². The van der Waals surface area contributed by atoms with Gasteiger partial charge in [0.05, 0.1) is 22.1 Å². The third kappa shape index (κ3) is 2.45. The van der Waals surface area contributed by atoms with Gasteiger partial charge in [-0.15, -0.1) is 0 Å². The molecule has 0 N–H and O–H groups in total. The first kappa shape index (κ1) is 15.5. The average Bonchev–Trinajstić information content (AvgIpc) is 2.60. The Morgan fingerprint density at radius 3 is 1.64 bits per heavy atom. The highest BCUT2D eigenvalue weighted by Crippen LogP contribution is 2.34. The highest BCUT2D eigenvalue weighted by atomic mass is 79.9. The van der Waals surface area contributed by atoms with Crippen LogP contribution in [0.4, 0.5) is 0 Å². The van der Waals surface area contributed by atoms with Crippen LogP contribution in [0.5, 0.6) is 0 Å². The Labute approximate surface area is 167 Å². The highest BCUT2D eigenvalue weighted by molar-refractivity contribution is 9.11. The van der Waals surface area contributed by atoms with Gasteiger partial charge in [0.1, 0.15) is 20.2 Å². The van der Waals surface area contributed by atoms with Crippen molar-refractivity contribution in [1.29, 1.82) is 0 Å². The number of hydrogen-bond acceptors (Lipinski definition) is 4. The average molecular weight is 519 g/mol. The van der Waals surface area contributed by atoms with Gasteiger partial charge < -0.3 is 0 Å². The van der Waals surface area contributed by atoms with Crippen LogP contribution < -0.4 is 0 Å². The van der Waals surface area contributed by atoms with Crippen LogP contribution in [0.1, 0.15) is 0 Å². The van der Waals surface area contributed by atoms with Crippen molar-refractivity contribution in [1.82, 2.24) is 19.9 Å². The van der Waals surface area contributed by atoms with E-state index in [9.17, 15) is 0 Å². The summed E-state index contributed by atoms with van der Waals surface area (Å²) in [6.07, 6.45) is 0. The monoisotopic (exact) mass is 516 g/mol. The molecule has 4 nitrogen and oxygen atoms in total. The number of aromatic nitrogens is 4. The molecule has 0 fully saturated rings. The van der Waals surface area contributed by atoms with Gasteiger partial charge in [-0.3, -0.25) is 0 Å². The summed E-state index contributed by atoms with van der Waals surface area (Å²) in [6.45, 7) is 0. The first-order chi connectivity index (χ1) is 12.1. The lowest BCUT2D eigenvalue weighted by molar-refractivity contribution is 1.31. The van der Waals surface area contributed by atoms with E-state index in [0.717, 1.165) is 57.6 Å². The summed E-state index contributed by atoms with van der Waals surface area (Å²) in [6, 6.07) is 13.8. The van der Waals surface area contributed by atoms with Gasteiger partial charge in [-0.25, -0.2) is 19.9 Å².